The Morgan fingerprint density at radius 1 is 1.67 bits per heavy atom. The van der Waals surface area contributed by atoms with Gasteiger partial charge in [-0.2, -0.15) is 0 Å². The van der Waals surface area contributed by atoms with Crippen molar-refractivity contribution >= 4 is 21.8 Å². The summed E-state index contributed by atoms with van der Waals surface area (Å²) in [5.74, 6) is 0.723. The van der Waals surface area contributed by atoms with Gasteiger partial charge in [0, 0.05) is 11.9 Å². The van der Waals surface area contributed by atoms with E-state index in [0.717, 1.165) is 17.6 Å². The number of hydrogen-bond acceptors (Lipinski definition) is 2. The molecule has 1 heterocycles. The molecular formula is C11H14BrNO2. The minimum Gasteiger partial charge on any atom is -0.469 e. The highest BCUT2D eigenvalue weighted by atomic mass is 79.9. The molecule has 0 bridgehead atoms. The van der Waals surface area contributed by atoms with Gasteiger partial charge in [0.25, 0.3) is 5.91 Å². The van der Waals surface area contributed by atoms with Crippen LogP contribution in [0.2, 0.25) is 0 Å². The summed E-state index contributed by atoms with van der Waals surface area (Å²) in [6.07, 6.45) is 3.89. The van der Waals surface area contributed by atoms with E-state index in [1.54, 1.807) is 6.07 Å². The van der Waals surface area contributed by atoms with Crippen molar-refractivity contribution in [3.05, 3.63) is 23.7 Å². The summed E-state index contributed by atoms with van der Waals surface area (Å²) >= 11 is 3.47. The zero-order valence-corrected chi connectivity index (χ0v) is 10.3. The molecule has 1 amide bonds. The lowest BCUT2D eigenvalue weighted by Gasteiger charge is -2.11. The van der Waals surface area contributed by atoms with Crippen LogP contribution >= 0.6 is 15.9 Å². The third-order valence-corrected chi connectivity index (χ3v) is 4.05. The van der Waals surface area contributed by atoms with Gasteiger partial charge in [-0.05, 0) is 31.2 Å². The first-order chi connectivity index (χ1) is 7.15. The van der Waals surface area contributed by atoms with Crippen molar-refractivity contribution in [1.29, 1.82) is 0 Å². The monoisotopic (exact) mass is 271 g/mol. The van der Waals surface area contributed by atoms with Gasteiger partial charge in [0.05, 0.1) is 5.56 Å². The number of alkyl halides is 1. The first-order valence-corrected chi connectivity index (χ1v) is 6.17. The fourth-order valence-electron chi connectivity index (χ4n) is 1.47. The van der Waals surface area contributed by atoms with Gasteiger partial charge in [-0.1, -0.05) is 15.9 Å². The molecule has 1 fully saturated rings. The van der Waals surface area contributed by atoms with Crippen molar-refractivity contribution in [3.63, 3.8) is 0 Å². The lowest BCUT2D eigenvalue weighted by molar-refractivity contribution is 0.0946. The Labute approximate surface area is 97.4 Å². The standard InChI is InChI=1S/C11H14BrNO2/c1-8-4-9(5-15-8)10(14)13-7-11(6-12)2-3-11/h4-5H,2-3,6-7H2,1H3,(H,13,14). The summed E-state index contributed by atoms with van der Waals surface area (Å²) in [5, 5.41) is 3.90. The Morgan fingerprint density at radius 3 is 2.87 bits per heavy atom. The second-order valence-corrected chi connectivity index (χ2v) is 4.82. The van der Waals surface area contributed by atoms with Crippen LogP contribution < -0.4 is 5.32 Å². The van der Waals surface area contributed by atoms with E-state index in [2.05, 4.69) is 21.2 Å². The van der Waals surface area contributed by atoms with Gasteiger partial charge in [-0.3, -0.25) is 4.79 Å². The van der Waals surface area contributed by atoms with Crippen LogP contribution in [0.15, 0.2) is 16.7 Å². The number of carbonyl (C=O) groups is 1. The third-order valence-electron chi connectivity index (χ3n) is 2.86. The number of carbonyl (C=O) groups excluding carboxylic acids is 1. The van der Waals surface area contributed by atoms with E-state index in [9.17, 15) is 4.79 Å². The molecule has 0 aromatic carbocycles. The molecule has 1 aromatic rings. The molecule has 1 saturated carbocycles. The molecule has 2 rings (SSSR count). The average molecular weight is 272 g/mol. The van der Waals surface area contributed by atoms with Crippen molar-refractivity contribution in [2.75, 3.05) is 11.9 Å². The number of hydrogen-bond donors (Lipinski definition) is 1. The van der Waals surface area contributed by atoms with Gasteiger partial charge >= 0.3 is 0 Å². The zero-order chi connectivity index (χ0) is 10.9. The Bertz CT molecular complexity index is 368. The molecule has 1 aliphatic rings. The van der Waals surface area contributed by atoms with E-state index in [0.29, 0.717) is 11.0 Å². The van der Waals surface area contributed by atoms with Crippen LogP contribution in [0.4, 0.5) is 0 Å². The number of rotatable bonds is 4. The van der Waals surface area contributed by atoms with E-state index in [1.165, 1.54) is 19.1 Å². The fourth-order valence-corrected chi connectivity index (χ4v) is 2.23. The smallest absolute Gasteiger partial charge is 0.254 e. The molecule has 0 radical (unpaired) electrons. The molecule has 1 aromatic heterocycles. The van der Waals surface area contributed by atoms with Crippen molar-refractivity contribution in [2.24, 2.45) is 5.41 Å². The van der Waals surface area contributed by atoms with Crippen LogP contribution in [0.5, 0.6) is 0 Å². The molecule has 1 aliphatic carbocycles. The average Bonchev–Trinajstić information content (AvgIpc) is 2.90. The molecule has 0 saturated heterocycles. The molecule has 82 valence electrons. The number of halogens is 1. The van der Waals surface area contributed by atoms with Crippen molar-refractivity contribution in [3.8, 4) is 0 Å². The topological polar surface area (TPSA) is 42.2 Å². The Morgan fingerprint density at radius 2 is 2.40 bits per heavy atom. The molecule has 3 nitrogen and oxygen atoms in total. The maximum Gasteiger partial charge on any atom is 0.254 e. The second-order valence-electron chi connectivity index (χ2n) is 4.26. The zero-order valence-electron chi connectivity index (χ0n) is 8.68. The highest BCUT2D eigenvalue weighted by Gasteiger charge is 2.41. The molecule has 0 unspecified atom stereocenters. The maximum atomic E-state index is 11.7. The van der Waals surface area contributed by atoms with Crippen LogP contribution in [0, 0.1) is 12.3 Å². The summed E-state index contributed by atoms with van der Waals surface area (Å²) in [7, 11) is 0. The molecular weight excluding hydrogens is 258 g/mol. The van der Waals surface area contributed by atoms with Gasteiger partial charge in [0.2, 0.25) is 0 Å². The lowest BCUT2D eigenvalue weighted by atomic mass is 10.1. The molecule has 0 atom stereocenters. The van der Waals surface area contributed by atoms with E-state index in [-0.39, 0.29) is 5.91 Å². The fraction of sp³-hybridized carbons (Fsp3) is 0.545. The van der Waals surface area contributed by atoms with E-state index >= 15 is 0 Å². The highest BCUT2D eigenvalue weighted by molar-refractivity contribution is 9.09. The second kappa shape index (κ2) is 4.00. The molecule has 0 aliphatic heterocycles. The summed E-state index contributed by atoms with van der Waals surface area (Å²) in [6, 6.07) is 1.75. The quantitative estimate of drug-likeness (QED) is 0.856. The first kappa shape index (κ1) is 10.7. The van der Waals surface area contributed by atoms with Crippen LogP contribution in [0.1, 0.15) is 29.0 Å². The summed E-state index contributed by atoms with van der Waals surface area (Å²) in [6.45, 7) is 2.58. The molecule has 4 heteroatoms. The SMILES string of the molecule is Cc1cc(C(=O)NCC2(CBr)CC2)co1. The van der Waals surface area contributed by atoms with Crippen molar-refractivity contribution in [2.45, 2.75) is 19.8 Å². The number of nitrogens with one attached hydrogen (secondary N) is 1. The minimum atomic E-state index is -0.0425. The van der Waals surface area contributed by atoms with Gasteiger partial charge < -0.3 is 9.73 Å². The van der Waals surface area contributed by atoms with Crippen LogP contribution in [0.3, 0.4) is 0 Å². The van der Waals surface area contributed by atoms with Crippen molar-refractivity contribution in [1.82, 2.24) is 5.32 Å². The van der Waals surface area contributed by atoms with Gasteiger partial charge in [0.15, 0.2) is 0 Å². The third kappa shape index (κ3) is 2.43. The van der Waals surface area contributed by atoms with E-state index in [4.69, 9.17) is 4.42 Å². The normalized spacial score (nSPS) is 17.5. The van der Waals surface area contributed by atoms with Crippen molar-refractivity contribution < 1.29 is 9.21 Å². The molecule has 15 heavy (non-hydrogen) atoms. The van der Waals surface area contributed by atoms with Crippen LogP contribution in [-0.2, 0) is 0 Å². The number of amides is 1. The van der Waals surface area contributed by atoms with Gasteiger partial charge in [0.1, 0.15) is 12.0 Å². The Kier molecular flexibility index (Phi) is 2.87. The largest absolute Gasteiger partial charge is 0.469 e. The predicted molar refractivity (Wildman–Crippen MR) is 61.2 cm³/mol. The Hall–Kier alpha value is -0.770. The highest BCUT2D eigenvalue weighted by Crippen LogP contribution is 2.46. The van der Waals surface area contributed by atoms with Gasteiger partial charge in [-0.25, -0.2) is 0 Å². The molecule has 0 spiro atoms. The Balaban J connectivity index is 1.88. The summed E-state index contributed by atoms with van der Waals surface area (Å²) < 4.78 is 5.09. The van der Waals surface area contributed by atoms with Gasteiger partial charge in [-0.15, -0.1) is 0 Å². The van der Waals surface area contributed by atoms with Crippen LogP contribution in [0.25, 0.3) is 0 Å². The molecule has 1 N–H and O–H groups in total. The van der Waals surface area contributed by atoms with E-state index in [1.807, 2.05) is 6.92 Å². The maximum absolute atomic E-state index is 11.7. The predicted octanol–water partition coefficient (Wildman–Crippen LogP) is 2.49. The summed E-state index contributed by atoms with van der Waals surface area (Å²) in [4.78, 5) is 11.7. The summed E-state index contributed by atoms with van der Waals surface area (Å²) in [5.41, 5.74) is 0.923. The minimum absolute atomic E-state index is 0.0425. The van der Waals surface area contributed by atoms with Crippen LogP contribution in [-0.4, -0.2) is 17.8 Å². The number of aryl methyl sites for hydroxylation is 1. The lowest BCUT2D eigenvalue weighted by Crippen LogP contribution is -2.30. The van der Waals surface area contributed by atoms with E-state index < -0.39 is 0 Å². The number of furan rings is 1. The first-order valence-electron chi connectivity index (χ1n) is 5.05.